The molecule has 21 heavy (non-hydrogen) atoms. The van der Waals surface area contributed by atoms with Crippen molar-refractivity contribution in [1.29, 1.82) is 0 Å². The first kappa shape index (κ1) is 18.3. The van der Waals surface area contributed by atoms with Gasteiger partial charge in [-0.1, -0.05) is 6.92 Å². The van der Waals surface area contributed by atoms with E-state index in [-0.39, 0.29) is 12.6 Å². The molecule has 1 atom stereocenters. The van der Waals surface area contributed by atoms with Crippen LogP contribution in [0.5, 0.6) is 0 Å². The van der Waals surface area contributed by atoms with Crippen molar-refractivity contribution in [1.82, 2.24) is 10.0 Å². The third kappa shape index (κ3) is 4.91. The third-order valence-corrected chi connectivity index (χ3v) is 5.16. The van der Waals surface area contributed by atoms with Crippen LogP contribution < -0.4 is 10.0 Å². The average Bonchev–Trinajstić information content (AvgIpc) is 2.42. The van der Waals surface area contributed by atoms with E-state index in [0.29, 0.717) is 17.7 Å². The zero-order valence-corrected chi connectivity index (χ0v) is 13.9. The number of rotatable bonds is 8. The Labute approximate surface area is 128 Å². The van der Waals surface area contributed by atoms with Gasteiger partial charge in [-0.15, -0.1) is 0 Å². The van der Waals surface area contributed by atoms with Gasteiger partial charge in [0.15, 0.2) is 11.6 Å². The lowest BCUT2D eigenvalue weighted by atomic mass is 10.2. The Morgan fingerprint density at radius 1 is 1.33 bits per heavy atom. The second-order valence-corrected chi connectivity index (χ2v) is 7.19. The molecule has 0 aliphatic rings. The highest BCUT2D eigenvalue weighted by Crippen LogP contribution is 2.20. The van der Waals surface area contributed by atoms with Gasteiger partial charge in [-0.2, -0.15) is 11.8 Å². The molecule has 1 aromatic carbocycles. The summed E-state index contributed by atoms with van der Waals surface area (Å²) in [6.07, 6.45) is 2.42. The molecule has 0 spiro atoms. The van der Waals surface area contributed by atoms with Crippen molar-refractivity contribution in [3.8, 4) is 0 Å². The highest BCUT2D eigenvalue weighted by atomic mass is 32.2. The lowest BCUT2D eigenvalue weighted by Crippen LogP contribution is -2.36. The quantitative estimate of drug-likeness (QED) is 0.762. The molecule has 0 fully saturated rings. The van der Waals surface area contributed by atoms with Gasteiger partial charge in [0.1, 0.15) is 4.90 Å². The molecule has 0 aromatic heterocycles. The Balaban J connectivity index is 3.17. The van der Waals surface area contributed by atoms with Crippen LogP contribution >= 0.6 is 11.8 Å². The van der Waals surface area contributed by atoms with E-state index in [2.05, 4.69) is 10.0 Å². The number of nitrogens with one attached hydrogen (secondary N) is 2. The fourth-order valence-electron chi connectivity index (χ4n) is 1.84. The zero-order chi connectivity index (χ0) is 16.0. The maximum Gasteiger partial charge on any atom is 0.243 e. The minimum Gasteiger partial charge on any atom is -0.316 e. The molecule has 0 aliphatic carbocycles. The molecule has 0 saturated carbocycles. The molecular formula is C13H20F2N2O2S2. The smallest absolute Gasteiger partial charge is 0.243 e. The topological polar surface area (TPSA) is 58.2 Å². The fraction of sp³-hybridized carbons (Fsp3) is 0.538. The highest BCUT2D eigenvalue weighted by Gasteiger charge is 2.25. The third-order valence-electron chi connectivity index (χ3n) is 2.91. The summed E-state index contributed by atoms with van der Waals surface area (Å²) in [7, 11) is -2.46. The minimum absolute atomic E-state index is 0.252. The van der Waals surface area contributed by atoms with Gasteiger partial charge in [0, 0.05) is 18.3 Å². The van der Waals surface area contributed by atoms with E-state index in [4.69, 9.17) is 0 Å². The molecular weight excluding hydrogens is 318 g/mol. The first-order chi connectivity index (χ1) is 9.85. The molecule has 4 nitrogen and oxygen atoms in total. The number of hydrogen-bond acceptors (Lipinski definition) is 4. The molecule has 0 aliphatic heterocycles. The van der Waals surface area contributed by atoms with Crippen LogP contribution in [0.3, 0.4) is 0 Å². The summed E-state index contributed by atoms with van der Waals surface area (Å²) in [6, 6.07) is 1.83. The van der Waals surface area contributed by atoms with E-state index in [0.717, 1.165) is 12.1 Å². The summed E-state index contributed by atoms with van der Waals surface area (Å²) < 4.78 is 54.3. The molecule has 0 bridgehead atoms. The Kier molecular flexibility index (Phi) is 7.05. The lowest BCUT2D eigenvalue weighted by molar-refractivity contribution is 0.478. The molecule has 1 aromatic rings. The summed E-state index contributed by atoms with van der Waals surface area (Å²) in [5, 5.41) is 2.77. The van der Waals surface area contributed by atoms with Crippen LogP contribution in [0.4, 0.5) is 8.78 Å². The van der Waals surface area contributed by atoms with Gasteiger partial charge in [-0.05, 0) is 37.4 Å². The Bertz CT molecular complexity index is 580. The van der Waals surface area contributed by atoms with E-state index < -0.39 is 26.6 Å². The molecule has 1 unspecified atom stereocenters. The van der Waals surface area contributed by atoms with Gasteiger partial charge in [0.05, 0.1) is 0 Å². The number of halogens is 2. The second kappa shape index (κ2) is 8.07. The number of thioether (sulfide) groups is 1. The maximum absolute atomic E-state index is 13.8. The van der Waals surface area contributed by atoms with Crippen LogP contribution in [0.15, 0.2) is 17.0 Å². The normalized spacial score (nSPS) is 13.4. The van der Waals surface area contributed by atoms with Crippen LogP contribution in [0.25, 0.3) is 0 Å². The molecule has 8 heteroatoms. The summed E-state index contributed by atoms with van der Waals surface area (Å²) in [4.78, 5) is -0.646. The monoisotopic (exact) mass is 338 g/mol. The maximum atomic E-state index is 13.8. The highest BCUT2D eigenvalue weighted by molar-refractivity contribution is 7.98. The van der Waals surface area contributed by atoms with Crippen molar-refractivity contribution in [3.05, 3.63) is 29.3 Å². The molecule has 1 rings (SSSR count). The Morgan fingerprint density at radius 3 is 2.52 bits per heavy atom. The Morgan fingerprint density at radius 2 is 2.00 bits per heavy atom. The summed E-state index contributed by atoms with van der Waals surface area (Å²) in [5.74, 6) is -1.95. The van der Waals surface area contributed by atoms with Crippen molar-refractivity contribution in [2.45, 2.75) is 30.8 Å². The van der Waals surface area contributed by atoms with Crippen LogP contribution in [0.1, 0.15) is 18.9 Å². The van der Waals surface area contributed by atoms with Gasteiger partial charge in [-0.25, -0.2) is 21.9 Å². The van der Waals surface area contributed by atoms with Crippen molar-refractivity contribution in [2.24, 2.45) is 0 Å². The first-order valence-corrected chi connectivity index (χ1v) is 9.37. The van der Waals surface area contributed by atoms with Crippen molar-refractivity contribution >= 4 is 21.8 Å². The average molecular weight is 338 g/mol. The van der Waals surface area contributed by atoms with Gasteiger partial charge in [-0.3, -0.25) is 0 Å². The van der Waals surface area contributed by atoms with Gasteiger partial charge in [0.25, 0.3) is 0 Å². The number of sulfonamides is 1. The first-order valence-electron chi connectivity index (χ1n) is 6.49. The van der Waals surface area contributed by atoms with Gasteiger partial charge in [0.2, 0.25) is 10.0 Å². The predicted molar refractivity (Wildman–Crippen MR) is 81.9 cm³/mol. The molecule has 0 amide bonds. The molecule has 0 radical (unpaired) electrons. The fourth-order valence-corrected chi connectivity index (χ4v) is 4.12. The number of benzene rings is 1. The molecule has 120 valence electrons. The second-order valence-electron chi connectivity index (χ2n) is 4.60. The van der Waals surface area contributed by atoms with Crippen molar-refractivity contribution in [2.75, 3.05) is 19.1 Å². The summed E-state index contributed by atoms with van der Waals surface area (Å²) >= 11 is 1.48. The van der Waals surface area contributed by atoms with Crippen LogP contribution in [-0.4, -0.2) is 33.5 Å². The van der Waals surface area contributed by atoms with Crippen LogP contribution in [0, 0.1) is 11.6 Å². The van der Waals surface area contributed by atoms with E-state index in [1.54, 1.807) is 7.05 Å². The van der Waals surface area contributed by atoms with Crippen molar-refractivity contribution in [3.63, 3.8) is 0 Å². The zero-order valence-electron chi connectivity index (χ0n) is 12.2. The molecule has 2 N–H and O–H groups in total. The SMILES string of the molecule is CCC(CSC)NS(=O)(=O)c1cc(CNC)cc(F)c1F. The predicted octanol–water partition coefficient (Wildman–Crippen LogP) is 2.10. The van der Waals surface area contributed by atoms with Crippen LogP contribution in [-0.2, 0) is 16.6 Å². The van der Waals surface area contributed by atoms with Crippen molar-refractivity contribution < 1.29 is 17.2 Å². The number of hydrogen-bond donors (Lipinski definition) is 2. The Hall–Kier alpha value is -0.700. The largest absolute Gasteiger partial charge is 0.316 e. The van der Waals surface area contributed by atoms with Gasteiger partial charge >= 0.3 is 0 Å². The van der Waals surface area contributed by atoms with E-state index >= 15 is 0 Å². The van der Waals surface area contributed by atoms with Gasteiger partial charge < -0.3 is 5.32 Å². The lowest BCUT2D eigenvalue weighted by Gasteiger charge is -2.17. The van der Waals surface area contributed by atoms with E-state index in [9.17, 15) is 17.2 Å². The summed E-state index contributed by atoms with van der Waals surface area (Å²) in [5.41, 5.74) is 0.370. The molecule has 0 heterocycles. The van der Waals surface area contributed by atoms with E-state index in [1.165, 1.54) is 11.8 Å². The summed E-state index contributed by atoms with van der Waals surface area (Å²) in [6.45, 7) is 2.08. The minimum atomic E-state index is -4.09. The standard InChI is InChI=1S/C13H20F2N2O2S2/c1-4-10(8-20-3)17-21(18,19)12-6-9(7-16-2)5-11(14)13(12)15/h5-6,10,16-17H,4,7-8H2,1-3H3. The van der Waals surface area contributed by atoms with Crippen LogP contribution in [0.2, 0.25) is 0 Å². The van der Waals surface area contributed by atoms with E-state index in [1.807, 2.05) is 13.2 Å². The molecule has 0 saturated heterocycles.